The molecule has 1 aromatic heterocycles. The molecule has 178 valence electrons. The van der Waals surface area contributed by atoms with E-state index >= 15 is 0 Å². The number of aromatic amines is 1. The Labute approximate surface area is 196 Å². The molecule has 1 atom stereocenters. The number of anilines is 2. The SMILES string of the molecule is O=C(Nc1n[nH]c2c1CN(S(=O)(=O)c1cccc(F)c1)C2)c1ccc(N2CCCC(O)C2)cc1. The van der Waals surface area contributed by atoms with E-state index < -0.39 is 15.8 Å². The maximum Gasteiger partial charge on any atom is 0.256 e. The van der Waals surface area contributed by atoms with Crippen molar-refractivity contribution in [1.82, 2.24) is 14.5 Å². The van der Waals surface area contributed by atoms with Crippen LogP contribution in [0.2, 0.25) is 0 Å². The van der Waals surface area contributed by atoms with Crippen LogP contribution in [0.25, 0.3) is 0 Å². The van der Waals surface area contributed by atoms with Crippen LogP contribution < -0.4 is 10.2 Å². The van der Waals surface area contributed by atoms with Crippen LogP contribution in [0.5, 0.6) is 0 Å². The zero-order valence-corrected chi connectivity index (χ0v) is 19.1. The predicted molar refractivity (Wildman–Crippen MR) is 123 cm³/mol. The van der Waals surface area contributed by atoms with Gasteiger partial charge in [0.15, 0.2) is 5.82 Å². The van der Waals surface area contributed by atoms with E-state index in [2.05, 4.69) is 20.4 Å². The van der Waals surface area contributed by atoms with Gasteiger partial charge in [0.05, 0.1) is 23.2 Å². The van der Waals surface area contributed by atoms with E-state index in [0.717, 1.165) is 31.1 Å². The number of amides is 1. The fourth-order valence-electron chi connectivity index (χ4n) is 4.35. The summed E-state index contributed by atoms with van der Waals surface area (Å²) in [4.78, 5) is 14.8. The average molecular weight is 486 g/mol. The van der Waals surface area contributed by atoms with E-state index in [-0.39, 0.29) is 35.8 Å². The number of nitrogens with one attached hydrogen (secondary N) is 2. The second kappa shape index (κ2) is 8.82. The van der Waals surface area contributed by atoms with Crippen LogP contribution in [0.15, 0.2) is 53.4 Å². The monoisotopic (exact) mass is 485 g/mol. The zero-order valence-electron chi connectivity index (χ0n) is 18.2. The number of piperidine rings is 1. The number of benzene rings is 2. The van der Waals surface area contributed by atoms with E-state index in [1.54, 1.807) is 12.1 Å². The molecule has 34 heavy (non-hydrogen) atoms. The molecule has 1 amide bonds. The number of halogens is 1. The first-order valence-electron chi connectivity index (χ1n) is 11.0. The fourth-order valence-corrected chi connectivity index (χ4v) is 5.76. The minimum absolute atomic E-state index is 0.0104. The van der Waals surface area contributed by atoms with Gasteiger partial charge in [-0.2, -0.15) is 9.40 Å². The molecule has 3 aromatic rings. The van der Waals surface area contributed by atoms with Gasteiger partial charge in [-0.3, -0.25) is 9.89 Å². The van der Waals surface area contributed by atoms with Crippen LogP contribution in [-0.4, -0.2) is 53.1 Å². The number of carbonyl (C=O) groups is 1. The van der Waals surface area contributed by atoms with Gasteiger partial charge in [-0.1, -0.05) is 6.07 Å². The van der Waals surface area contributed by atoms with Crippen LogP contribution in [-0.2, 0) is 23.1 Å². The molecule has 2 aliphatic heterocycles. The molecule has 11 heteroatoms. The summed E-state index contributed by atoms with van der Waals surface area (Å²) in [5, 5.41) is 19.5. The molecule has 5 rings (SSSR count). The molecule has 1 saturated heterocycles. The number of nitrogens with zero attached hydrogens (tertiary/aromatic N) is 3. The van der Waals surface area contributed by atoms with Gasteiger partial charge in [-0.15, -0.1) is 0 Å². The van der Waals surface area contributed by atoms with Crippen molar-refractivity contribution in [2.24, 2.45) is 0 Å². The average Bonchev–Trinajstić information content (AvgIpc) is 3.42. The number of fused-ring (bicyclic) bond motifs is 1. The van der Waals surface area contributed by atoms with Crippen molar-refractivity contribution in [2.75, 3.05) is 23.3 Å². The molecule has 1 unspecified atom stereocenters. The van der Waals surface area contributed by atoms with Gasteiger partial charge >= 0.3 is 0 Å². The maximum absolute atomic E-state index is 13.5. The highest BCUT2D eigenvalue weighted by atomic mass is 32.2. The minimum atomic E-state index is -3.91. The number of aliphatic hydroxyl groups excluding tert-OH is 1. The maximum atomic E-state index is 13.5. The Morgan fingerprint density at radius 2 is 1.97 bits per heavy atom. The molecule has 3 heterocycles. The molecule has 0 saturated carbocycles. The summed E-state index contributed by atoms with van der Waals surface area (Å²) in [5.74, 6) is -0.734. The third kappa shape index (κ3) is 4.29. The van der Waals surface area contributed by atoms with Gasteiger partial charge in [-0.25, -0.2) is 12.8 Å². The van der Waals surface area contributed by atoms with Gasteiger partial charge in [0.1, 0.15) is 5.82 Å². The summed E-state index contributed by atoms with van der Waals surface area (Å²) in [5.41, 5.74) is 2.52. The number of hydrogen-bond acceptors (Lipinski definition) is 6. The third-order valence-electron chi connectivity index (χ3n) is 6.18. The van der Waals surface area contributed by atoms with Crippen molar-refractivity contribution in [1.29, 1.82) is 0 Å². The molecular formula is C23H24FN5O4S. The second-order valence-electron chi connectivity index (χ2n) is 8.50. The summed E-state index contributed by atoms with van der Waals surface area (Å²) in [6, 6.07) is 12.0. The van der Waals surface area contributed by atoms with E-state index in [4.69, 9.17) is 0 Å². The second-order valence-corrected chi connectivity index (χ2v) is 10.4. The number of rotatable bonds is 5. The van der Waals surface area contributed by atoms with Crippen LogP contribution in [0.4, 0.5) is 15.9 Å². The van der Waals surface area contributed by atoms with E-state index in [1.807, 2.05) is 12.1 Å². The number of β-amino-alcohol motifs (C(OH)–C–C–N with tert-alkyl or cyclic N) is 1. The Morgan fingerprint density at radius 1 is 1.18 bits per heavy atom. The van der Waals surface area contributed by atoms with Crippen molar-refractivity contribution in [2.45, 2.75) is 36.9 Å². The molecule has 2 aromatic carbocycles. The van der Waals surface area contributed by atoms with Crippen LogP contribution >= 0.6 is 0 Å². The number of sulfonamides is 1. The summed E-state index contributed by atoms with van der Waals surface area (Å²) in [6.45, 7) is 1.49. The number of H-pyrrole nitrogens is 1. The highest BCUT2D eigenvalue weighted by Crippen LogP contribution is 2.32. The fraction of sp³-hybridized carbons (Fsp3) is 0.304. The van der Waals surface area contributed by atoms with E-state index in [0.29, 0.717) is 23.4 Å². The van der Waals surface area contributed by atoms with E-state index in [9.17, 15) is 22.7 Å². The molecule has 3 N–H and O–H groups in total. The molecular weight excluding hydrogens is 461 g/mol. The first-order valence-corrected chi connectivity index (χ1v) is 12.4. The highest BCUT2D eigenvalue weighted by Gasteiger charge is 2.34. The minimum Gasteiger partial charge on any atom is -0.391 e. The Hall–Kier alpha value is -3.28. The molecule has 2 aliphatic rings. The topological polar surface area (TPSA) is 119 Å². The van der Waals surface area contributed by atoms with Crippen LogP contribution in [0, 0.1) is 5.82 Å². The largest absolute Gasteiger partial charge is 0.391 e. The van der Waals surface area contributed by atoms with Crippen molar-refractivity contribution in [3.8, 4) is 0 Å². The molecule has 9 nitrogen and oxygen atoms in total. The smallest absolute Gasteiger partial charge is 0.256 e. The van der Waals surface area contributed by atoms with Crippen LogP contribution in [0.3, 0.4) is 0 Å². The Balaban J connectivity index is 1.28. The van der Waals surface area contributed by atoms with Crippen molar-refractivity contribution >= 4 is 27.4 Å². The lowest BCUT2D eigenvalue weighted by molar-refractivity contribution is 0.102. The Morgan fingerprint density at radius 3 is 2.71 bits per heavy atom. The van der Waals surface area contributed by atoms with Gasteiger partial charge in [0, 0.05) is 36.4 Å². The lowest BCUT2D eigenvalue weighted by Gasteiger charge is -2.32. The lowest BCUT2D eigenvalue weighted by atomic mass is 10.1. The van der Waals surface area contributed by atoms with Gasteiger partial charge in [-0.05, 0) is 55.3 Å². The molecule has 0 aliphatic carbocycles. The number of carbonyl (C=O) groups excluding carboxylic acids is 1. The number of aliphatic hydroxyl groups is 1. The van der Waals surface area contributed by atoms with Gasteiger partial charge < -0.3 is 15.3 Å². The standard InChI is InChI=1S/C23H24FN5O4S/c24-16-3-1-5-19(11-16)34(32,33)29-13-20-21(14-29)26-27-22(20)25-23(31)15-6-8-17(9-7-15)28-10-2-4-18(30)12-28/h1,3,5-9,11,18,30H,2,4,10,12-14H2,(H2,25,26,27,31). The highest BCUT2D eigenvalue weighted by molar-refractivity contribution is 7.89. The predicted octanol–water partition coefficient (Wildman–Crippen LogP) is 2.47. The van der Waals surface area contributed by atoms with Crippen molar-refractivity contribution in [3.63, 3.8) is 0 Å². The first kappa shape index (κ1) is 22.5. The summed E-state index contributed by atoms with van der Waals surface area (Å²) in [7, 11) is -3.91. The summed E-state index contributed by atoms with van der Waals surface area (Å²) in [6.07, 6.45) is 1.37. The van der Waals surface area contributed by atoms with E-state index in [1.165, 1.54) is 22.5 Å². The normalized spacial score (nSPS) is 18.6. The molecule has 0 bridgehead atoms. The third-order valence-corrected chi connectivity index (χ3v) is 7.97. The van der Waals surface area contributed by atoms with Gasteiger partial charge in [0.2, 0.25) is 10.0 Å². The number of aromatic nitrogens is 2. The lowest BCUT2D eigenvalue weighted by Crippen LogP contribution is -2.38. The molecule has 1 fully saturated rings. The van der Waals surface area contributed by atoms with Crippen molar-refractivity contribution in [3.05, 3.63) is 71.2 Å². The molecule has 0 spiro atoms. The molecule has 0 radical (unpaired) electrons. The summed E-state index contributed by atoms with van der Waals surface area (Å²) >= 11 is 0. The zero-order chi connectivity index (χ0) is 23.9. The first-order chi connectivity index (χ1) is 16.3. The quantitative estimate of drug-likeness (QED) is 0.511. The Bertz CT molecular complexity index is 1330. The van der Waals surface area contributed by atoms with Crippen molar-refractivity contribution < 1.29 is 22.7 Å². The van der Waals surface area contributed by atoms with Gasteiger partial charge in [0.25, 0.3) is 5.91 Å². The summed E-state index contributed by atoms with van der Waals surface area (Å²) < 4.78 is 40.6. The number of hydrogen-bond donors (Lipinski definition) is 3. The van der Waals surface area contributed by atoms with Crippen LogP contribution in [0.1, 0.15) is 34.5 Å². The Kier molecular flexibility index (Phi) is 5.84.